The monoisotopic (exact) mass is 463 g/mol. The zero-order valence-electron chi connectivity index (χ0n) is 21.5. The minimum atomic E-state index is 0.102. The van der Waals surface area contributed by atoms with Gasteiger partial charge in [-0.2, -0.15) is 0 Å². The maximum absolute atomic E-state index is 12.9. The van der Waals surface area contributed by atoms with E-state index in [-0.39, 0.29) is 11.9 Å². The van der Waals surface area contributed by atoms with E-state index in [0.29, 0.717) is 12.1 Å². The molecule has 4 rings (SSSR count). The predicted octanol–water partition coefficient (Wildman–Crippen LogP) is 5.07. The molecule has 0 spiro atoms. The summed E-state index contributed by atoms with van der Waals surface area (Å²) in [5.41, 5.74) is 3.21. The standard InChI is InChI=1S/C29H41N3O2/c1-6-30(7-2)29(33)25-15-13-24(14-16-25)28(26-9-8-10-27(17-26)34-5)32-19-21(3)31(18-22(32)4)20-23-11-12-23/h8-10,13-17,21-23,28H,6-7,11-12,18-20H2,1-5H3/t21-,22+,28-/m1/s1. The molecule has 0 bridgehead atoms. The molecule has 2 aromatic rings. The van der Waals surface area contributed by atoms with Gasteiger partial charge in [-0.25, -0.2) is 0 Å². The van der Waals surface area contributed by atoms with Crippen molar-refractivity contribution < 1.29 is 9.53 Å². The van der Waals surface area contributed by atoms with Crippen molar-refractivity contribution in [1.29, 1.82) is 0 Å². The lowest BCUT2D eigenvalue weighted by Crippen LogP contribution is -2.57. The third-order valence-electron chi connectivity index (χ3n) is 7.62. The van der Waals surface area contributed by atoms with Crippen molar-refractivity contribution in [3.8, 4) is 5.75 Å². The normalized spacial score (nSPS) is 22.4. The molecule has 1 heterocycles. The fraction of sp³-hybridized carbons (Fsp3) is 0.552. The number of hydrogen-bond acceptors (Lipinski definition) is 4. The third kappa shape index (κ3) is 5.47. The summed E-state index contributed by atoms with van der Waals surface area (Å²) in [5, 5.41) is 0. The van der Waals surface area contributed by atoms with Crippen molar-refractivity contribution in [3.05, 3.63) is 65.2 Å². The van der Waals surface area contributed by atoms with Crippen LogP contribution in [-0.2, 0) is 0 Å². The van der Waals surface area contributed by atoms with Crippen molar-refractivity contribution in [2.45, 2.75) is 58.7 Å². The minimum absolute atomic E-state index is 0.102. The first-order chi connectivity index (χ1) is 16.4. The molecule has 5 nitrogen and oxygen atoms in total. The number of rotatable bonds is 9. The fourth-order valence-electron chi connectivity index (χ4n) is 5.36. The van der Waals surface area contributed by atoms with E-state index >= 15 is 0 Å². The summed E-state index contributed by atoms with van der Waals surface area (Å²) in [5.74, 6) is 1.89. The van der Waals surface area contributed by atoms with Crippen molar-refractivity contribution in [2.75, 3.05) is 39.8 Å². The lowest BCUT2D eigenvalue weighted by Gasteiger charge is -2.48. The van der Waals surface area contributed by atoms with E-state index < -0.39 is 0 Å². The van der Waals surface area contributed by atoms with E-state index in [0.717, 1.165) is 43.4 Å². The molecule has 1 aliphatic carbocycles. The second kappa shape index (κ2) is 10.9. The van der Waals surface area contributed by atoms with Gasteiger partial charge in [-0.1, -0.05) is 24.3 Å². The number of amides is 1. The van der Waals surface area contributed by atoms with Crippen LogP contribution in [0.2, 0.25) is 0 Å². The summed E-state index contributed by atoms with van der Waals surface area (Å²) in [6, 6.07) is 17.8. The average Bonchev–Trinajstić information content (AvgIpc) is 3.67. The van der Waals surface area contributed by atoms with Gasteiger partial charge in [0.1, 0.15) is 5.75 Å². The van der Waals surface area contributed by atoms with Crippen LogP contribution in [0.3, 0.4) is 0 Å². The number of hydrogen-bond donors (Lipinski definition) is 0. The summed E-state index contributed by atoms with van der Waals surface area (Å²) in [7, 11) is 1.73. The van der Waals surface area contributed by atoms with Gasteiger partial charge in [-0.15, -0.1) is 0 Å². The van der Waals surface area contributed by atoms with E-state index in [1.54, 1.807) is 7.11 Å². The molecule has 5 heteroatoms. The van der Waals surface area contributed by atoms with Gasteiger partial charge in [0, 0.05) is 50.4 Å². The van der Waals surface area contributed by atoms with Crippen LogP contribution in [0, 0.1) is 5.92 Å². The molecule has 184 valence electrons. The third-order valence-corrected chi connectivity index (χ3v) is 7.62. The Labute approximate surface area is 205 Å². The molecule has 2 aliphatic rings. The van der Waals surface area contributed by atoms with Crippen molar-refractivity contribution in [3.63, 3.8) is 0 Å². The van der Waals surface area contributed by atoms with Crippen LogP contribution < -0.4 is 4.74 Å². The minimum Gasteiger partial charge on any atom is -0.497 e. The van der Waals surface area contributed by atoms with Gasteiger partial charge in [-0.3, -0.25) is 14.6 Å². The maximum Gasteiger partial charge on any atom is 0.253 e. The van der Waals surface area contributed by atoms with Crippen molar-refractivity contribution in [1.82, 2.24) is 14.7 Å². The Kier molecular flexibility index (Phi) is 7.95. The SMILES string of the molecule is CCN(CC)C(=O)c1ccc([C@H](c2cccc(OC)c2)N2C[C@@H](C)N(CC3CC3)C[C@@H]2C)cc1. The van der Waals surface area contributed by atoms with Gasteiger partial charge in [0.2, 0.25) is 0 Å². The number of methoxy groups -OCH3 is 1. The molecule has 1 aliphatic heterocycles. The van der Waals surface area contributed by atoms with E-state index in [1.807, 2.05) is 36.9 Å². The largest absolute Gasteiger partial charge is 0.497 e. The fourth-order valence-corrected chi connectivity index (χ4v) is 5.36. The van der Waals surface area contributed by atoms with Crippen molar-refractivity contribution >= 4 is 5.91 Å². The number of ether oxygens (including phenoxy) is 1. The highest BCUT2D eigenvalue weighted by atomic mass is 16.5. The molecule has 0 unspecified atom stereocenters. The average molecular weight is 464 g/mol. The Hall–Kier alpha value is -2.37. The number of carbonyl (C=O) groups excluding carboxylic acids is 1. The van der Waals surface area contributed by atoms with Crippen LogP contribution in [0.25, 0.3) is 0 Å². The molecule has 2 aromatic carbocycles. The van der Waals surface area contributed by atoms with Crippen LogP contribution in [0.15, 0.2) is 48.5 Å². The van der Waals surface area contributed by atoms with Crippen LogP contribution in [0.1, 0.15) is 68.1 Å². The van der Waals surface area contributed by atoms with Gasteiger partial charge < -0.3 is 9.64 Å². The predicted molar refractivity (Wildman–Crippen MR) is 138 cm³/mol. The zero-order valence-corrected chi connectivity index (χ0v) is 21.5. The molecular weight excluding hydrogens is 422 g/mol. The first-order valence-corrected chi connectivity index (χ1v) is 13.0. The van der Waals surface area contributed by atoms with Crippen LogP contribution in [0.5, 0.6) is 5.75 Å². The molecule has 1 saturated heterocycles. The van der Waals surface area contributed by atoms with Gasteiger partial charge >= 0.3 is 0 Å². The summed E-state index contributed by atoms with van der Waals surface area (Å²) >= 11 is 0. The maximum atomic E-state index is 12.9. The lowest BCUT2D eigenvalue weighted by atomic mass is 9.92. The second-order valence-corrected chi connectivity index (χ2v) is 10.1. The Morgan fingerprint density at radius 3 is 2.32 bits per heavy atom. The molecule has 0 aromatic heterocycles. The molecule has 2 fully saturated rings. The number of piperazine rings is 1. The summed E-state index contributed by atoms with van der Waals surface area (Å²) in [6.45, 7) is 13.6. The van der Waals surface area contributed by atoms with Gasteiger partial charge in [-0.05, 0) is 81.8 Å². The lowest BCUT2D eigenvalue weighted by molar-refractivity contribution is 0.0216. The first kappa shape index (κ1) is 24.7. The van der Waals surface area contributed by atoms with Gasteiger partial charge in [0.25, 0.3) is 5.91 Å². The number of carbonyl (C=O) groups is 1. The number of nitrogens with zero attached hydrogens (tertiary/aromatic N) is 3. The van der Waals surface area contributed by atoms with E-state index in [4.69, 9.17) is 4.74 Å². The number of benzene rings is 2. The molecular formula is C29H41N3O2. The summed E-state index contributed by atoms with van der Waals surface area (Å²) < 4.78 is 5.57. The van der Waals surface area contributed by atoms with Gasteiger partial charge in [0.05, 0.1) is 13.2 Å². The quantitative estimate of drug-likeness (QED) is 0.520. The van der Waals surface area contributed by atoms with Gasteiger partial charge in [0.15, 0.2) is 0 Å². The van der Waals surface area contributed by atoms with Crippen LogP contribution in [0.4, 0.5) is 0 Å². The van der Waals surface area contributed by atoms with Crippen LogP contribution >= 0.6 is 0 Å². The Morgan fingerprint density at radius 2 is 1.71 bits per heavy atom. The Bertz CT molecular complexity index is 952. The topological polar surface area (TPSA) is 36.0 Å². The molecule has 3 atom stereocenters. The second-order valence-electron chi connectivity index (χ2n) is 10.1. The first-order valence-electron chi connectivity index (χ1n) is 13.0. The Balaban J connectivity index is 1.64. The van der Waals surface area contributed by atoms with E-state index in [1.165, 1.54) is 30.5 Å². The smallest absolute Gasteiger partial charge is 0.253 e. The Morgan fingerprint density at radius 1 is 1.00 bits per heavy atom. The highest BCUT2D eigenvalue weighted by Crippen LogP contribution is 2.36. The summed E-state index contributed by atoms with van der Waals surface area (Å²) in [4.78, 5) is 20.1. The van der Waals surface area contributed by atoms with E-state index in [9.17, 15) is 4.79 Å². The molecule has 1 amide bonds. The molecule has 0 radical (unpaired) electrons. The molecule has 1 saturated carbocycles. The van der Waals surface area contributed by atoms with Crippen LogP contribution in [-0.4, -0.2) is 72.5 Å². The highest BCUT2D eigenvalue weighted by Gasteiger charge is 2.37. The molecule has 34 heavy (non-hydrogen) atoms. The van der Waals surface area contributed by atoms with Crippen molar-refractivity contribution in [2.24, 2.45) is 5.92 Å². The van der Waals surface area contributed by atoms with E-state index in [2.05, 4.69) is 54.0 Å². The zero-order chi connectivity index (χ0) is 24.2. The molecule has 0 N–H and O–H groups in total. The summed E-state index contributed by atoms with van der Waals surface area (Å²) in [6.07, 6.45) is 2.79. The highest BCUT2D eigenvalue weighted by molar-refractivity contribution is 5.94.